The smallest absolute Gasteiger partial charge is 0.328 e. The highest BCUT2D eigenvalue weighted by Gasteiger charge is 2.28. The molecule has 3 rings (SSSR count). The highest BCUT2D eigenvalue weighted by molar-refractivity contribution is 5.85. The molecule has 2 aromatic rings. The van der Waals surface area contributed by atoms with Crippen LogP contribution in [-0.2, 0) is 22.4 Å². The Morgan fingerprint density at radius 1 is 1.21 bits per heavy atom. The van der Waals surface area contributed by atoms with E-state index in [1.807, 2.05) is 0 Å². The number of rotatable bonds is 11. The number of hydrogen-bond acceptors (Lipinski definition) is 4. The van der Waals surface area contributed by atoms with Crippen LogP contribution in [0.5, 0.6) is 0 Å². The third-order valence-corrected chi connectivity index (χ3v) is 6.21. The first kappa shape index (κ1) is 25.1. The minimum absolute atomic E-state index is 0.0811. The topological polar surface area (TPSA) is 78.8 Å². The Balaban J connectivity index is 1.48. The van der Waals surface area contributed by atoms with Crippen LogP contribution in [0.15, 0.2) is 48.5 Å². The fourth-order valence-corrected chi connectivity index (χ4v) is 4.63. The molecular formula is C27H34FNO4. The van der Waals surface area contributed by atoms with Crippen LogP contribution in [0.25, 0.3) is 6.08 Å². The number of carboxylic acids is 1. The molecule has 0 fully saturated rings. The van der Waals surface area contributed by atoms with Gasteiger partial charge >= 0.3 is 5.97 Å². The predicted octanol–water partition coefficient (Wildman–Crippen LogP) is 4.54. The van der Waals surface area contributed by atoms with E-state index < -0.39 is 24.0 Å². The van der Waals surface area contributed by atoms with Crippen LogP contribution in [0.2, 0.25) is 0 Å². The van der Waals surface area contributed by atoms with Crippen molar-refractivity contribution in [3.05, 3.63) is 76.6 Å². The summed E-state index contributed by atoms with van der Waals surface area (Å²) in [7, 11) is 0. The molecule has 0 saturated heterocycles. The van der Waals surface area contributed by atoms with Gasteiger partial charge in [-0.2, -0.15) is 0 Å². The normalized spacial score (nSPS) is 16.2. The number of nitrogens with one attached hydrogen (secondary N) is 1. The summed E-state index contributed by atoms with van der Waals surface area (Å²) in [5.74, 6) is -1.08. The maximum atomic E-state index is 14.2. The number of ether oxygens (including phenoxy) is 1. The lowest BCUT2D eigenvalue weighted by atomic mass is 9.88. The van der Waals surface area contributed by atoms with E-state index >= 15 is 0 Å². The number of hydrogen-bond donors (Lipinski definition) is 3. The number of fused-ring (bicyclic) bond motifs is 1. The molecule has 0 heterocycles. The van der Waals surface area contributed by atoms with Crippen molar-refractivity contribution in [3.8, 4) is 0 Å². The van der Waals surface area contributed by atoms with Gasteiger partial charge in [0.2, 0.25) is 0 Å². The Morgan fingerprint density at radius 2 is 1.88 bits per heavy atom. The van der Waals surface area contributed by atoms with Crippen LogP contribution >= 0.6 is 0 Å². The van der Waals surface area contributed by atoms with E-state index in [2.05, 4.69) is 43.4 Å². The fraction of sp³-hybridized carbons (Fsp3) is 0.444. The number of carboxylic acid groups (broad SMARTS) is 1. The maximum absolute atomic E-state index is 14.2. The molecule has 33 heavy (non-hydrogen) atoms. The second kappa shape index (κ2) is 11.1. The molecule has 0 spiro atoms. The first-order chi connectivity index (χ1) is 15.6. The van der Waals surface area contributed by atoms with Gasteiger partial charge in [0.25, 0.3) is 0 Å². The van der Waals surface area contributed by atoms with Gasteiger partial charge in [0.15, 0.2) is 0 Å². The number of carbonyl (C=O) groups is 1. The van der Waals surface area contributed by atoms with Gasteiger partial charge in [0.1, 0.15) is 5.82 Å². The number of halogens is 1. The van der Waals surface area contributed by atoms with Crippen molar-refractivity contribution >= 4 is 12.0 Å². The van der Waals surface area contributed by atoms with Gasteiger partial charge in [0, 0.05) is 23.7 Å². The van der Waals surface area contributed by atoms with Crippen molar-refractivity contribution in [3.63, 3.8) is 0 Å². The molecule has 1 aliphatic rings. The number of β-amino-alcohol motifs (C(OH)–C–C–N with tert-alkyl or cyclic N) is 1. The number of aliphatic hydroxyl groups is 1. The van der Waals surface area contributed by atoms with Crippen molar-refractivity contribution in [2.45, 2.75) is 57.8 Å². The molecule has 1 aliphatic carbocycles. The molecule has 3 N–H and O–H groups in total. The van der Waals surface area contributed by atoms with E-state index in [9.17, 15) is 14.3 Å². The molecule has 2 aromatic carbocycles. The average Bonchev–Trinajstić information content (AvgIpc) is 3.16. The van der Waals surface area contributed by atoms with Gasteiger partial charge in [-0.3, -0.25) is 0 Å². The van der Waals surface area contributed by atoms with E-state index in [0.717, 1.165) is 25.3 Å². The highest BCUT2D eigenvalue weighted by atomic mass is 19.1. The summed E-state index contributed by atoms with van der Waals surface area (Å²) >= 11 is 0. The van der Waals surface area contributed by atoms with Gasteiger partial charge < -0.3 is 20.3 Å². The average molecular weight is 456 g/mol. The zero-order valence-corrected chi connectivity index (χ0v) is 19.6. The van der Waals surface area contributed by atoms with Crippen molar-refractivity contribution in [1.82, 2.24) is 5.32 Å². The third kappa shape index (κ3) is 7.22. The van der Waals surface area contributed by atoms with E-state index in [-0.39, 0.29) is 17.7 Å². The second-order valence-corrected chi connectivity index (χ2v) is 9.56. The van der Waals surface area contributed by atoms with E-state index in [0.29, 0.717) is 18.0 Å². The van der Waals surface area contributed by atoms with Crippen LogP contribution in [-0.4, -0.2) is 41.0 Å². The standard InChI is InChI=1S/C27H34FNO4/c1-18(23-9-6-10-25(28)24(23)11-12-26(31)32)33-17-22(30)16-29-27(2,3)15-19-13-20-7-4-5-8-21(20)14-19/h4-12,18-19,22,29-30H,13-17H2,1-3H3,(H,31,32)/b12-11+/t18-,22-/m1/s1. The molecule has 0 unspecified atom stereocenters. The molecule has 5 nitrogen and oxygen atoms in total. The van der Waals surface area contributed by atoms with Crippen LogP contribution in [0.3, 0.4) is 0 Å². The molecule has 6 heteroatoms. The SMILES string of the molecule is C[C@@H](OC[C@H](O)CNC(C)(C)CC1Cc2ccccc2C1)c1cccc(F)c1/C=C/C(=O)O. The fourth-order valence-electron chi connectivity index (χ4n) is 4.63. The van der Waals surface area contributed by atoms with Gasteiger partial charge in [-0.05, 0) is 74.8 Å². The molecule has 2 atom stereocenters. The lowest BCUT2D eigenvalue weighted by Crippen LogP contribution is -2.45. The van der Waals surface area contributed by atoms with Crippen molar-refractivity contribution in [2.75, 3.05) is 13.2 Å². The van der Waals surface area contributed by atoms with Crippen molar-refractivity contribution in [1.29, 1.82) is 0 Å². The van der Waals surface area contributed by atoms with Crippen LogP contribution in [0.1, 0.15) is 55.5 Å². The molecule has 0 amide bonds. The monoisotopic (exact) mass is 455 g/mol. The largest absolute Gasteiger partial charge is 0.478 e. The Labute approximate surface area is 195 Å². The molecule has 178 valence electrons. The molecule has 0 aromatic heterocycles. The Bertz CT molecular complexity index is 963. The molecule has 0 aliphatic heterocycles. The summed E-state index contributed by atoms with van der Waals surface area (Å²) in [4.78, 5) is 10.8. The summed E-state index contributed by atoms with van der Waals surface area (Å²) in [5.41, 5.74) is 3.47. The van der Waals surface area contributed by atoms with Gasteiger partial charge in [-0.25, -0.2) is 9.18 Å². The number of aliphatic carboxylic acids is 1. The minimum atomic E-state index is -1.15. The van der Waals surface area contributed by atoms with Gasteiger partial charge in [0.05, 0.1) is 18.8 Å². The van der Waals surface area contributed by atoms with Crippen LogP contribution < -0.4 is 5.32 Å². The third-order valence-electron chi connectivity index (χ3n) is 6.21. The second-order valence-electron chi connectivity index (χ2n) is 9.56. The maximum Gasteiger partial charge on any atom is 0.328 e. The lowest BCUT2D eigenvalue weighted by Gasteiger charge is -2.31. The van der Waals surface area contributed by atoms with Crippen LogP contribution in [0, 0.1) is 11.7 Å². The van der Waals surface area contributed by atoms with Gasteiger partial charge in [-0.1, -0.05) is 36.4 Å². The molecule has 0 radical (unpaired) electrons. The van der Waals surface area contributed by atoms with E-state index in [1.165, 1.54) is 23.3 Å². The zero-order chi connectivity index (χ0) is 24.0. The first-order valence-corrected chi connectivity index (χ1v) is 11.5. The predicted molar refractivity (Wildman–Crippen MR) is 127 cm³/mol. The van der Waals surface area contributed by atoms with Gasteiger partial charge in [-0.15, -0.1) is 0 Å². The van der Waals surface area contributed by atoms with Crippen molar-refractivity contribution in [2.24, 2.45) is 5.92 Å². The Hall–Kier alpha value is -2.54. The number of benzene rings is 2. The molecule has 0 saturated carbocycles. The molecule has 0 bridgehead atoms. The Kier molecular flexibility index (Phi) is 8.40. The lowest BCUT2D eigenvalue weighted by molar-refractivity contribution is -0.131. The zero-order valence-electron chi connectivity index (χ0n) is 19.6. The summed E-state index contributed by atoms with van der Waals surface area (Å²) in [6.07, 6.45) is 4.10. The van der Waals surface area contributed by atoms with E-state index in [4.69, 9.17) is 9.84 Å². The summed E-state index contributed by atoms with van der Waals surface area (Å²) in [5, 5.41) is 22.8. The summed E-state index contributed by atoms with van der Waals surface area (Å²) in [6.45, 7) is 6.53. The van der Waals surface area contributed by atoms with Crippen LogP contribution in [0.4, 0.5) is 4.39 Å². The van der Waals surface area contributed by atoms with E-state index in [1.54, 1.807) is 19.1 Å². The quantitative estimate of drug-likeness (QED) is 0.434. The minimum Gasteiger partial charge on any atom is -0.478 e. The summed E-state index contributed by atoms with van der Waals surface area (Å²) < 4.78 is 20.0. The summed E-state index contributed by atoms with van der Waals surface area (Å²) in [6, 6.07) is 13.1. The van der Waals surface area contributed by atoms with Crippen molar-refractivity contribution < 1.29 is 24.1 Å². The highest BCUT2D eigenvalue weighted by Crippen LogP contribution is 2.32. The molecular weight excluding hydrogens is 421 g/mol. The Morgan fingerprint density at radius 3 is 2.52 bits per heavy atom. The first-order valence-electron chi connectivity index (χ1n) is 11.5. The number of aliphatic hydroxyl groups excluding tert-OH is 1.